The van der Waals surface area contributed by atoms with Gasteiger partial charge in [-0.2, -0.15) is 5.26 Å². The van der Waals surface area contributed by atoms with E-state index in [9.17, 15) is 0 Å². The third-order valence-electron chi connectivity index (χ3n) is 1.19. The molecule has 1 aromatic heterocycles. The van der Waals surface area contributed by atoms with Gasteiger partial charge in [0, 0.05) is 7.05 Å². The molecule has 0 aliphatic carbocycles. The van der Waals surface area contributed by atoms with Crippen molar-refractivity contribution in [3.8, 4) is 6.07 Å². The van der Waals surface area contributed by atoms with E-state index in [0.29, 0.717) is 6.54 Å². The van der Waals surface area contributed by atoms with Gasteiger partial charge in [0.25, 0.3) is 0 Å². The molecule has 52 valence electrons. The van der Waals surface area contributed by atoms with Gasteiger partial charge in [-0.1, -0.05) is 0 Å². The molecule has 0 fully saturated rings. The van der Waals surface area contributed by atoms with Crippen LogP contribution < -0.4 is 4.90 Å². The summed E-state index contributed by atoms with van der Waals surface area (Å²) in [5.74, 6) is 0. The molecular weight excluding hydrogens is 144 g/mol. The van der Waals surface area contributed by atoms with Gasteiger partial charge in [-0.05, 0) is 17.5 Å². The first kappa shape index (κ1) is 7.10. The zero-order valence-corrected chi connectivity index (χ0v) is 6.56. The van der Waals surface area contributed by atoms with Crippen LogP contribution in [0.4, 0.5) is 5.00 Å². The van der Waals surface area contributed by atoms with Crippen LogP contribution in [-0.2, 0) is 0 Å². The van der Waals surface area contributed by atoms with Gasteiger partial charge >= 0.3 is 0 Å². The van der Waals surface area contributed by atoms with Crippen molar-refractivity contribution in [3.05, 3.63) is 17.5 Å². The summed E-state index contributed by atoms with van der Waals surface area (Å²) >= 11 is 1.65. The summed E-state index contributed by atoms with van der Waals surface area (Å²) < 4.78 is 0. The molecule has 1 rings (SSSR count). The van der Waals surface area contributed by atoms with E-state index < -0.39 is 0 Å². The Labute approximate surface area is 64.3 Å². The van der Waals surface area contributed by atoms with Crippen LogP contribution in [0, 0.1) is 11.3 Å². The lowest BCUT2D eigenvalue weighted by molar-refractivity contribution is 1.05. The van der Waals surface area contributed by atoms with E-state index in [1.54, 1.807) is 11.3 Å². The van der Waals surface area contributed by atoms with Crippen LogP contribution in [0.25, 0.3) is 0 Å². The van der Waals surface area contributed by atoms with Crippen molar-refractivity contribution in [2.24, 2.45) is 0 Å². The number of nitrogens with zero attached hydrogens (tertiary/aromatic N) is 2. The third-order valence-corrected chi connectivity index (χ3v) is 2.17. The molecule has 2 nitrogen and oxygen atoms in total. The zero-order chi connectivity index (χ0) is 7.40. The summed E-state index contributed by atoms with van der Waals surface area (Å²) in [5, 5.41) is 11.5. The molecule has 0 N–H and O–H groups in total. The first-order valence-electron chi connectivity index (χ1n) is 2.96. The smallest absolute Gasteiger partial charge is 0.106 e. The molecular formula is C7H8N2S. The van der Waals surface area contributed by atoms with Gasteiger partial charge in [0.05, 0.1) is 11.1 Å². The van der Waals surface area contributed by atoms with Gasteiger partial charge in [0.15, 0.2) is 0 Å². The number of rotatable bonds is 2. The minimum atomic E-state index is 0.459. The van der Waals surface area contributed by atoms with Crippen LogP contribution >= 0.6 is 11.3 Å². The quantitative estimate of drug-likeness (QED) is 0.603. The summed E-state index contributed by atoms with van der Waals surface area (Å²) in [6.07, 6.45) is 0. The Hall–Kier alpha value is -1.01. The molecule has 0 unspecified atom stereocenters. The Morgan fingerprint density at radius 3 is 3.10 bits per heavy atom. The van der Waals surface area contributed by atoms with Crippen LogP contribution in [0.5, 0.6) is 0 Å². The van der Waals surface area contributed by atoms with Crippen LogP contribution in [-0.4, -0.2) is 13.6 Å². The lowest BCUT2D eigenvalue weighted by atomic mass is 10.5. The van der Waals surface area contributed by atoms with Gasteiger partial charge in [-0.25, -0.2) is 0 Å². The molecule has 0 spiro atoms. The molecule has 0 bridgehead atoms. The summed E-state index contributed by atoms with van der Waals surface area (Å²) in [5.41, 5.74) is 0. The van der Waals surface area contributed by atoms with E-state index in [4.69, 9.17) is 5.26 Å². The molecule has 0 amide bonds. The number of hydrogen-bond donors (Lipinski definition) is 0. The van der Waals surface area contributed by atoms with E-state index in [0.717, 1.165) is 5.00 Å². The standard InChI is InChI=1S/C7H8N2S/c1-9(5-4-8)7-3-2-6-10-7/h2-3,6H,5H2,1H3. The third kappa shape index (κ3) is 1.49. The van der Waals surface area contributed by atoms with E-state index >= 15 is 0 Å². The predicted molar refractivity (Wildman–Crippen MR) is 43.2 cm³/mol. The normalized spacial score (nSPS) is 8.80. The summed E-state index contributed by atoms with van der Waals surface area (Å²) in [6, 6.07) is 6.07. The van der Waals surface area contributed by atoms with Crippen molar-refractivity contribution in [1.82, 2.24) is 0 Å². The highest BCUT2D eigenvalue weighted by molar-refractivity contribution is 7.14. The fourth-order valence-electron chi connectivity index (χ4n) is 0.671. The topological polar surface area (TPSA) is 27.0 Å². The first-order chi connectivity index (χ1) is 4.84. The van der Waals surface area contributed by atoms with Crippen molar-refractivity contribution >= 4 is 16.3 Å². The molecule has 0 saturated carbocycles. The van der Waals surface area contributed by atoms with E-state index in [1.165, 1.54) is 0 Å². The van der Waals surface area contributed by atoms with E-state index in [-0.39, 0.29) is 0 Å². The lowest BCUT2D eigenvalue weighted by Gasteiger charge is -2.10. The van der Waals surface area contributed by atoms with Crippen LogP contribution in [0.3, 0.4) is 0 Å². The second-order valence-corrected chi connectivity index (χ2v) is 2.89. The second kappa shape index (κ2) is 3.23. The van der Waals surface area contributed by atoms with Crippen LogP contribution in [0.2, 0.25) is 0 Å². The highest BCUT2D eigenvalue weighted by Gasteiger charge is 1.97. The summed E-state index contributed by atoms with van der Waals surface area (Å²) in [4.78, 5) is 1.92. The average Bonchev–Trinajstić information content (AvgIpc) is 2.38. The Bertz CT molecular complexity index is 222. The fourth-order valence-corrected chi connectivity index (χ4v) is 1.37. The van der Waals surface area contributed by atoms with Gasteiger partial charge in [-0.3, -0.25) is 0 Å². The lowest BCUT2D eigenvalue weighted by Crippen LogP contribution is -2.15. The molecule has 0 radical (unpaired) electrons. The SMILES string of the molecule is CN(CC#N)c1cccs1. The maximum atomic E-state index is 8.35. The molecule has 0 atom stereocenters. The first-order valence-corrected chi connectivity index (χ1v) is 3.84. The van der Waals surface area contributed by atoms with Crippen molar-refractivity contribution in [1.29, 1.82) is 5.26 Å². The number of nitriles is 1. The number of thiophene rings is 1. The monoisotopic (exact) mass is 152 g/mol. The number of hydrogen-bond acceptors (Lipinski definition) is 3. The Morgan fingerprint density at radius 2 is 2.60 bits per heavy atom. The Morgan fingerprint density at radius 1 is 1.80 bits per heavy atom. The van der Waals surface area contributed by atoms with Crippen molar-refractivity contribution in [2.45, 2.75) is 0 Å². The maximum Gasteiger partial charge on any atom is 0.106 e. The minimum absolute atomic E-state index is 0.459. The maximum absolute atomic E-state index is 8.35. The number of anilines is 1. The van der Waals surface area contributed by atoms with Crippen molar-refractivity contribution in [3.63, 3.8) is 0 Å². The zero-order valence-electron chi connectivity index (χ0n) is 5.74. The molecule has 0 saturated heterocycles. The Kier molecular flexibility index (Phi) is 2.30. The van der Waals surface area contributed by atoms with E-state index in [1.807, 2.05) is 29.5 Å². The molecule has 1 aromatic rings. The molecule has 0 aliphatic heterocycles. The van der Waals surface area contributed by atoms with E-state index in [2.05, 4.69) is 6.07 Å². The minimum Gasteiger partial charge on any atom is -0.353 e. The highest BCUT2D eigenvalue weighted by Crippen LogP contribution is 2.18. The van der Waals surface area contributed by atoms with Crippen LogP contribution in [0.1, 0.15) is 0 Å². The molecule has 10 heavy (non-hydrogen) atoms. The predicted octanol–water partition coefficient (Wildman–Crippen LogP) is 1.71. The van der Waals surface area contributed by atoms with Gasteiger partial charge in [0.1, 0.15) is 6.54 Å². The average molecular weight is 152 g/mol. The van der Waals surface area contributed by atoms with Crippen molar-refractivity contribution in [2.75, 3.05) is 18.5 Å². The van der Waals surface area contributed by atoms with Crippen molar-refractivity contribution < 1.29 is 0 Å². The molecule has 0 aromatic carbocycles. The highest BCUT2D eigenvalue weighted by atomic mass is 32.1. The largest absolute Gasteiger partial charge is 0.353 e. The molecule has 0 aliphatic rings. The summed E-state index contributed by atoms with van der Waals surface area (Å²) in [7, 11) is 1.91. The summed E-state index contributed by atoms with van der Waals surface area (Å²) in [6.45, 7) is 0.459. The Balaban J connectivity index is 2.61. The van der Waals surface area contributed by atoms with Gasteiger partial charge in [0.2, 0.25) is 0 Å². The molecule has 1 heterocycles. The van der Waals surface area contributed by atoms with Crippen LogP contribution in [0.15, 0.2) is 17.5 Å². The fraction of sp³-hybridized carbons (Fsp3) is 0.286. The van der Waals surface area contributed by atoms with Gasteiger partial charge < -0.3 is 4.90 Å². The van der Waals surface area contributed by atoms with Gasteiger partial charge in [-0.15, -0.1) is 11.3 Å². The second-order valence-electron chi connectivity index (χ2n) is 1.97. The molecule has 3 heteroatoms.